The fourth-order valence-electron chi connectivity index (χ4n) is 2.68. The first-order valence-corrected chi connectivity index (χ1v) is 8.08. The van der Waals surface area contributed by atoms with Crippen LogP contribution in [-0.4, -0.2) is 28.8 Å². The van der Waals surface area contributed by atoms with E-state index in [4.69, 9.17) is 4.74 Å². The van der Waals surface area contributed by atoms with Gasteiger partial charge in [0.2, 0.25) is 0 Å². The van der Waals surface area contributed by atoms with Gasteiger partial charge in [0.1, 0.15) is 11.4 Å². The van der Waals surface area contributed by atoms with Gasteiger partial charge in [0.15, 0.2) is 0 Å². The SMILES string of the molecule is Cn1nc2ccc(OCC3CC3)cc2c1C(=O)NCC1CC1. The second-order valence-electron chi connectivity index (χ2n) is 6.56. The Morgan fingerprint density at radius 1 is 1.32 bits per heavy atom. The lowest BCUT2D eigenvalue weighted by Gasteiger charge is -2.07. The van der Waals surface area contributed by atoms with Crippen LogP contribution < -0.4 is 10.1 Å². The molecule has 2 saturated carbocycles. The molecule has 0 aliphatic heterocycles. The Balaban J connectivity index is 1.58. The number of aromatic nitrogens is 2. The van der Waals surface area contributed by atoms with Crippen LogP contribution in [0.4, 0.5) is 0 Å². The Kier molecular flexibility index (Phi) is 3.28. The van der Waals surface area contributed by atoms with Crippen molar-refractivity contribution in [1.82, 2.24) is 15.1 Å². The molecule has 0 spiro atoms. The second kappa shape index (κ2) is 5.30. The van der Waals surface area contributed by atoms with Crippen molar-refractivity contribution in [3.63, 3.8) is 0 Å². The highest BCUT2D eigenvalue weighted by molar-refractivity contribution is 6.05. The maximum Gasteiger partial charge on any atom is 0.270 e. The summed E-state index contributed by atoms with van der Waals surface area (Å²) >= 11 is 0. The summed E-state index contributed by atoms with van der Waals surface area (Å²) in [4.78, 5) is 12.4. The van der Waals surface area contributed by atoms with Crippen LogP contribution in [-0.2, 0) is 7.05 Å². The standard InChI is InChI=1S/C17H21N3O2/c1-20-16(17(21)18-9-11-2-3-11)14-8-13(6-7-15(14)19-20)22-10-12-4-5-12/h6-8,11-12H,2-5,9-10H2,1H3,(H,18,21). The van der Waals surface area contributed by atoms with E-state index in [-0.39, 0.29) is 5.91 Å². The van der Waals surface area contributed by atoms with E-state index < -0.39 is 0 Å². The van der Waals surface area contributed by atoms with Gasteiger partial charge in [-0.05, 0) is 55.7 Å². The van der Waals surface area contributed by atoms with Crippen LogP contribution in [0.5, 0.6) is 5.75 Å². The van der Waals surface area contributed by atoms with E-state index in [0.29, 0.717) is 17.5 Å². The lowest BCUT2D eigenvalue weighted by Crippen LogP contribution is -2.27. The molecule has 5 nitrogen and oxygen atoms in total. The van der Waals surface area contributed by atoms with Gasteiger partial charge in [-0.25, -0.2) is 0 Å². The topological polar surface area (TPSA) is 56.2 Å². The van der Waals surface area contributed by atoms with Crippen LogP contribution in [0.3, 0.4) is 0 Å². The Bertz CT molecular complexity index is 714. The zero-order valence-electron chi connectivity index (χ0n) is 12.8. The molecule has 0 unspecified atom stereocenters. The number of amides is 1. The third-order valence-electron chi connectivity index (χ3n) is 4.45. The van der Waals surface area contributed by atoms with Crippen molar-refractivity contribution in [1.29, 1.82) is 0 Å². The first kappa shape index (κ1) is 13.6. The summed E-state index contributed by atoms with van der Waals surface area (Å²) in [6.45, 7) is 1.54. The Labute approximate surface area is 129 Å². The summed E-state index contributed by atoms with van der Waals surface area (Å²) in [6.07, 6.45) is 4.99. The maximum atomic E-state index is 12.4. The van der Waals surface area contributed by atoms with Crippen molar-refractivity contribution < 1.29 is 9.53 Å². The third-order valence-corrected chi connectivity index (χ3v) is 4.45. The highest BCUT2D eigenvalue weighted by Gasteiger charge is 2.24. The Morgan fingerprint density at radius 2 is 2.09 bits per heavy atom. The van der Waals surface area contributed by atoms with Crippen molar-refractivity contribution in [2.45, 2.75) is 25.7 Å². The minimum absolute atomic E-state index is 0.0451. The molecule has 1 N–H and O–H groups in total. The lowest BCUT2D eigenvalue weighted by atomic mass is 10.2. The number of carbonyl (C=O) groups excluding carboxylic acids is 1. The molecule has 22 heavy (non-hydrogen) atoms. The van der Waals surface area contributed by atoms with Crippen LogP contribution in [0.2, 0.25) is 0 Å². The number of nitrogens with one attached hydrogen (secondary N) is 1. The molecule has 0 saturated heterocycles. The first-order chi connectivity index (χ1) is 10.7. The number of carbonyl (C=O) groups is 1. The fourth-order valence-corrected chi connectivity index (χ4v) is 2.68. The molecule has 0 radical (unpaired) electrons. The molecule has 0 bridgehead atoms. The van der Waals surface area contributed by atoms with E-state index in [0.717, 1.165) is 29.8 Å². The van der Waals surface area contributed by atoms with Crippen molar-refractivity contribution in [2.75, 3.05) is 13.2 Å². The number of aryl methyl sites for hydroxylation is 1. The quantitative estimate of drug-likeness (QED) is 0.891. The molecule has 0 atom stereocenters. The molecule has 1 aromatic heterocycles. The van der Waals surface area contributed by atoms with Gasteiger partial charge in [0.25, 0.3) is 5.91 Å². The number of nitrogens with zero attached hydrogens (tertiary/aromatic N) is 2. The van der Waals surface area contributed by atoms with E-state index >= 15 is 0 Å². The largest absolute Gasteiger partial charge is 0.493 e. The molecule has 2 aromatic rings. The molecule has 5 heteroatoms. The van der Waals surface area contributed by atoms with Gasteiger partial charge in [-0.3, -0.25) is 9.48 Å². The number of hydrogen-bond donors (Lipinski definition) is 1. The van der Waals surface area contributed by atoms with Gasteiger partial charge < -0.3 is 10.1 Å². The molecule has 116 valence electrons. The van der Waals surface area contributed by atoms with E-state index in [1.54, 1.807) is 4.68 Å². The summed E-state index contributed by atoms with van der Waals surface area (Å²) in [5.74, 6) is 2.16. The first-order valence-electron chi connectivity index (χ1n) is 8.08. The van der Waals surface area contributed by atoms with Crippen molar-refractivity contribution in [2.24, 2.45) is 18.9 Å². The lowest BCUT2D eigenvalue weighted by molar-refractivity contribution is 0.0944. The van der Waals surface area contributed by atoms with Gasteiger partial charge in [-0.15, -0.1) is 0 Å². The van der Waals surface area contributed by atoms with Crippen molar-refractivity contribution in [3.05, 3.63) is 23.9 Å². The molecular formula is C17H21N3O2. The number of hydrogen-bond acceptors (Lipinski definition) is 3. The number of benzene rings is 1. The van der Waals surface area contributed by atoms with Crippen molar-refractivity contribution >= 4 is 16.8 Å². The number of fused-ring (bicyclic) bond motifs is 1. The average Bonchev–Trinajstić information content (AvgIpc) is 3.40. The second-order valence-corrected chi connectivity index (χ2v) is 6.56. The molecule has 1 aromatic carbocycles. The van der Waals surface area contributed by atoms with Crippen LogP contribution in [0, 0.1) is 11.8 Å². The van der Waals surface area contributed by atoms with E-state index in [2.05, 4.69) is 10.4 Å². The smallest absolute Gasteiger partial charge is 0.270 e. The predicted octanol–water partition coefficient (Wildman–Crippen LogP) is 2.50. The van der Waals surface area contributed by atoms with Gasteiger partial charge in [-0.1, -0.05) is 0 Å². The van der Waals surface area contributed by atoms with Crippen molar-refractivity contribution in [3.8, 4) is 5.75 Å². The molecule has 2 fully saturated rings. The van der Waals surface area contributed by atoms with Gasteiger partial charge in [0.05, 0.1) is 12.1 Å². The summed E-state index contributed by atoms with van der Waals surface area (Å²) in [5.41, 5.74) is 1.45. The third kappa shape index (κ3) is 2.80. The molecule has 1 heterocycles. The minimum atomic E-state index is -0.0451. The highest BCUT2D eigenvalue weighted by Crippen LogP contribution is 2.31. The number of rotatable bonds is 6. The van der Waals surface area contributed by atoms with E-state index in [9.17, 15) is 4.79 Å². The predicted molar refractivity (Wildman–Crippen MR) is 84.0 cm³/mol. The normalized spacial score (nSPS) is 17.7. The van der Waals surface area contributed by atoms with Crippen LogP contribution >= 0.6 is 0 Å². The molecular weight excluding hydrogens is 278 g/mol. The van der Waals surface area contributed by atoms with E-state index in [1.807, 2.05) is 25.2 Å². The average molecular weight is 299 g/mol. The van der Waals surface area contributed by atoms with Crippen LogP contribution in [0.1, 0.15) is 36.2 Å². The molecule has 1 amide bonds. The molecule has 4 rings (SSSR count). The van der Waals surface area contributed by atoms with E-state index in [1.165, 1.54) is 25.7 Å². The summed E-state index contributed by atoms with van der Waals surface area (Å²) in [7, 11) is 1.82. The summed E-state index contributed by atoms with van der Waals surface area (Å²) < 4.78 is 7.49. The maximum absolute atomic E-state index is 12.4. The summed E-state index contributed by atoms with van der Waals surface area (Å²) in [5, 5.41) is 8.31. The summed E-state index contributed by atoms with van der Waals surface area (Å²) in [6, 6.07) is 5.80. The zero-order chi connectivity index (χ0) is 15.1. The minimum Gasteiger partial charge on any atom is -0.493 e. The van der Waals surface area contributed by atoms with Crippen LogP contribution in [0.25, 0.3) is 10.9 Å². The zero-order valence-corrected chi connectivity index (χ0v) is 12.8. The Hall–Kier alpha value is -2.04. The monoisotopic (exact) mass is 299 g/mol. The fraction of sp³-hybridized carbons (Fsp3) is 0.529. The molecule has 2 aliphatic carbocycles. The van der Waals surface area contributed by atoms with Gasteiger partial charge >= 0.3 is 0 Å². The van der Waals surface area contributed by atoms with Gasteiger partial charge in [-0.2, -0.15) is 5.10 Å². The molecule has 2 aliphatic rings. The number of ether oxygens (including phenoxy) is 1. The Morgan fingerprint density at radius 3 is 2.82 bits per heavy atom. The highest BCUT2D eigenvalue weighted by atomic mass is 16.5. The van der Waals surface area contributed by atoms with Gasteiger partial charge in [0, 0.05) is 19.0 Å². The van der Waals surface area contributed by atoms with Crippen LogP contribution in [0.15, 0.2) is 18.2 Å².